The first kappa shape index (κ1) is 24.8. The van der Waals surface area contributed by atoms with E-state index in [2.05, 4.69) is 32.2 Å². The van der Waals surface area contributed by atoms with Crippen LogP contribution in [0.25, 0.3) is 0 Å². The maximum Gasteiger partial charge on any atom is 0.339 e. The van der Waals surface area contributed by atoms with Gasteiger partial charge in [0.15, 0.2) is 0 Å². The van der Waals surface area contributed by atoms with Crippen LogP contribution < -0.4 is 10.2 Å². The fourth-order valence-corrected chi connectivity index (χ4v) is 4.85. The highest BCUT2D eigenvalue weighted by atomic mass is 32.2. The van der Waals surface area contributed by atoms with Gasteiger partial charge in [0.05, 0.1) is 23.9 Å². The minimum absolute atomic E-state index is 0.0172. The van der Waals surface area contributed by atoms with E-state index in [0.717, 1.165) is 47.5 Å². The van der Waals surface area contributed by atoms with Crippen LogP contribution in [0.2, 0.25) is 0 Å². The lowest BCUT2D eigenvalue weighted by atomic mass is 10.2. The van der Waals surface area contributed by atoms with Crippen molar-refractivity contribution in [2.75, 3.05) is 43.0 Å². The third kappa shape index (κ3) is 6.41. The number of benzene rings is 2. The van der Waals surface area contributed by atoms with Gasteiger partial charge < -0.3 is 15.0 Å². The summed E-state index contributed by atoms with van der Waals surface area (Å²) in [5.41, 5.74) is 1.27. The number of nitrogens with zero attached hydrogens (tertiary/aromatic N) is 3. The van der Waals surface area contributed by atoms with Gasteiger partial charge in [0.2, 0.25) is 5.91 Å². The number of amides is 1. The molecule has 0 spiro atoms. The number of carbonyl (C=O) groups excluding carboxylic acids is 2. The SMILES string of the molecule is CCOC(=O)c1ccc(N2CCN(C(C)C(=O)Nc3ccccc3Sc3ccccc3)CC2)nc1. The molecule has 0 aliphatic carbocycles. The van der Waals surface area contributed by atoms with Crippen molar-refractivity contribution in [3.05, 3.63) is 78.5 Å². The van der Waals surface area contributed by atoms with Crippen LogP contribution in [0.5, 0.6) is 0 Å². The number of rotatable bonds is 8. The molecule has 35 heavy (non-hydrogen) atoms. The molecule has 4 rings (SSSR count). The summed E-state index contributed by atoms with van der Waals surface area (Å²) in [5, 5.41) is 3.13. The van der Waals surface area contributed by atoms with E-state index >= 15 is 0 Å². The zero-order valence-corrected chi connectivity index (χ0v) is 20.8. The lowest BCUT2D eigenvalue weighted by Crippen LogP contribution is -2.53. The van der Waals surface area contributed by atoms with Gasteiger partial charge in [0.25, 0.3) is 0 Å². The van der Waals surface area contributed by atoms with Crippen LogP contribution >= 0.6 is 11.8 Å². The van der Waals surface area contributed by atoms with E-state index in [1.165, 1.54) is 0 Å². The minimum atomic E-state index is -0.361. The lowest BCUT2D eigenvalue weighted by Gasteiger charge is -2.38. The fraction of sp³-hybridized carbons (Fsp3) is 0.296. The molecule has 1 fully saturated rings. The Morgan fingerprint density at radius 3 is 2.40 bits per heavy atom. The van der Waals surface area contributed by atoms with Crippen molar-refractivity contribution in [2.45, 2.75) is 29.7 Å². The number of anilines is 2. The third-order valence-corrected chi connectivity index (χ3v) is 7.02. The lowest BCUT2D eigenvalue weighted by molar-refractivity contribution is -0.120. The molecule has 8 heteroatoms. The van der Waals surface area contributed by atoms with Crippen LogP contribution in [0.15, 0.2) is 82.7 Å². The number of piperazine rings is 1. The van der Waals surface area contributed by atoms with Crippen molar-refractivity contribution in [1.29, 1.82) is 0 Å². The third-order valence-electron chi connectivity index (χ3n) is 5.94. The van der Waals surface area contributed by atoms with E-state index in [4.69, 9.17) is 4.74 Å². The highest BCUT2D eigenvalue weighted by Gasteiger charge is 2.26. The van der Waals surface area contributed by atoms with Crippen LogP contribution in [0.3, 0.4) is 0 Å². The quantitative estimate of drug-likeness (QED) is 0.464. The number of hydrogen-bond acceptors (Lipinski definition) is 7. The first-order valence-electron chi connectivity index (χ1n) is 11.8. The maximum absolute atomic E-state index is 13.1. The average molecular weight is 491 g/mol. The van der Waals surface area contributed by atoms with Gasteiger partial charge >= 0.3 is 5.97 Å². The van der Waals surface area contributed by atoms with Gasteiger partial charge in [-0.25, -0.2) is 9.78 Å². The van der Waals surface area contributed by atoms with Crippen molar-refractivity contribution in [1.82, 2.24) is 9.88 Å². The summed E-state index contributed by atoms with van der Waals surface area (Å²) in [6, 6.07) is 21.4. The molecule has 0 saturated carbocycles. The average Bonchev–Trinajstić information content (AvgIpc) is 2.90. The van der Waals surface area contributed by atoms with Gasteiger partial charge in [0.1, 0.15) is 5.82 Å². The molecule has 2 aromatic carbocycles. The Balaban J connectivity index is 1.32. The second kappa shape index (κ2) is 11.9. The Morgan fingerprint density at radius 1 is 1.00 bits per heavy atom. The number of carbonyl (C=O) groups is 2. The molecule has 1 aromatic heterocycles. The minimum Gasteiger partial charge on any atom is -0.462 e. The monoisotopic (exact) mass is 490 g/mol. The Morgan fingerprint density at radius 2 is 1.71 bits per heavy atom. The summed E-state index contributed by atoms with van der Waals surface area (Å²) in [6.07, 6.45) is 1.56. The standard InChI is InChI=1S/C27H30N4O3S/c1-3-34-27(33)21-13-14-25(28-19-21)31-17-15-30(16-18-31)20(2)26(32)29-23-11-7-8-12-24(23)35-22-9-5-4-6-10-22/h4-14,19-20H,3,15-18H2,1-2H3,(H,29,32). The van der Waals surface area contributed by atoms with E-state index < -0.39 is 0 Å². The Kier molecular flexibility index (Phi) is 8.39. The van der Waals surface area contributed by atoms with Crippen molar-refractivity contribution in [2.24, 2.45) is 0 Å². The number of pyridine rings is 1. The van der Waals surface area contributed by atoms with Gasteiger partial charge in [-0.15, -0.1) is 0 Å². The summed E-state index contributed by atoms with van der Waals surface area (Å²) < 4.78 is 5.02. The van der Waals surface area contributed by atoms with Crippen LogP contribution in [0.1, 0.15) is 24.2 Å². The van der Waals surface area contributed by atoms with Crippen molar-refractivity contribution >= 4 is 35.1 Å². The molecular formula is C27H30N4O3S. The van der Waals surface area contributed by atoms with Crippen LogP contribution in [0, 0.1) is 0 Å². The van der Waals surface area contributed by atoms with Gasteiger partial charge in [-0.2, -0.15) is 0 Å². The second-order valence-corrected chi connectivity index (χ2v) is 9.34. The van der Waals surface area contributed by atoms with Gasteiger partial charge in [-0.05, 0) is 50.2 Å². The molecule has 3 aromatic rings. The topological polar surface area (TPSA) is 74.8 Å². The van der Waals surface area contributed by atoms with Gasteiger partial charge in [0, 0.05) is 42.2 Å². The number of hydrogen-bond donors (Lipinski definition) is 1. The first-order valence-corrected chi connectivity index (χ1v) is 12.6. The summed E-state index contributed by atoms with van der Waals surface area (Å²) in [6.45, 7) is 7.07. The van der Waals surface area contributed by atoms with Crippen LogP contribution in [0.4, 0.5) is 11.5 Å². The normalized spacial score (nSPS) is 14.9. The van der Waals surface area contributed by atoms with Crippen molar-refractivity contribution in [3.63, 3.8) is 0 Å². The number of para-hydroxylation sites is 1. The smallest absolute Gasteiger partial charge is 0.339 e. The molecule has 0 bridgehead atoms. The molecule has 1 amide bonds. The summed E-state index contributed by atoms with van der Waals surface area (Å²) in [4.78, 5) is 35.9. The van der Waals surface area contributed by atoms with Crippen LogP contribution in [-0.2, 0) is 9.53 Å². The molecule has 1 unspecified atom stereocenters. The molecule has 1 saturated heterocycles. The molecule has 7 nitrogen and oxygen atoms in total. The summed E-state index contributed by atoms with van der Waals surface area (Å²) in [7, 11) is 0. The zero-order valence-electron chi connectivity index (χ0n) is 20.0. The fourth-order valence-electron chi connectivity index (χ4n) is 3.92. The van der Waals surface area contributed by atoms with Crippen molar-refractivity contribution in [3.8, 4) is 0 Å². The largest absolute Gasteiger partial charge is 0.462 e. The highest BCUT2D eigenvalue weighted by molar-refractivity contribution is 7.99. The van der Waals surface area contributed by atoms with Gasteiger partial charge in [-0.3, -0.25) is 9.69 Å². The number of ether oxygens (including phenoxy) is 1. The van der Waals surface area contributed by atoms with E-state index in [-0.39, 0.29) is 17.9 Å². The molecule has 0 radical (unpaired) electrons. The van der Waals surface area contributed by atoms with Crippen LogP contribution in [-0.4, -0.2) is 60.6 Å². The molecule has 1 aliphatic rings. The summed E-state index contributed by atoms with van der Waals surface area (Å²) >= 11 is 1.64. The number of aromatic nitrogens is 1. The molecule has 2 heterocycles. The molecule has 1 N–H and O–H groups in total. The summed E-state index contributed by atoms with van der Waals surface area (Å²) in [5.74, 6) is 0.443. The Bertz CT molecular complexity index is 1130. The first-order chi connectivity index (χ1) is 17.0. The zero-order chi connectivity index (χ0) is 24.6. The molecule has 1 atom stereocenters. The van der Waals surface area contributed by atoms with E-state index in [1.54, 1.807) is 30.9 Å². The maximum atomic E-state index is 13.1. The second-order valence-electron chi connectivity index (χ2n) is 8.23. The highest BCUT2D eigenvalue weighted by Crippen LogP contribution is 2.33. The van der Waals surface area contributed by atoms with E-state index in [9.17, 15) is 9.59 Å². The number of nitrogens with one attached hydrogen (secondary N) is 1. The molecule has 182 valence electrons. The predicted molar refractivity (Wildman–Crippen MR) is 139 cm³/mol. The Labute approximate surface area is 210 Å². The molecular weight excluding hydrogens is 460 g/mol. The predicted octanol–water partition coefficient (Wildman–Crippen LogP) is 4.56. The van der Waals surface area contributed by atoms with Gasteiger partial charge in [-0.1, -0.05) is 42.1 Å². The molecule has 1 aliphatic heterocycles. The Hall–Kier alpha value is -3.36. The van der Waals surface area contributed by atoms with E-state index in [1.807, 2.05) is 55.5 Å². The van der Waals surface area contributed by atoms with E-state index in [0.29, 0.717) is 12.2 Å². The van der Waals surface area contributed by atoms with Crippen molar-refractivity contribution < 1.29 is 14.3 Å². The number of esters is 1.